The van der Waals surface area contributed by atoms with Gasteiger partial charge in [0.05, 0.1) is 26.5 Å². The number of benzene rings is 2. The first-order chi connectivity index (χ1) is 17.1. The molecule has 0 aliphatic carbocycles. The topological polar surface area (TPSA) is 82.9 Å². The van der Waals surface area contributed by atoms with E-state index in [9.17, 15) is 9.59 Å². The third-order valence-electron chi connectivity index (χ3n) is 6.12. The largest absolute Gasteiger partial charge is 0.493 e. The average Bonchev–Trinajstić information content (AvgIpc) is 3.32. The molecule has 4 rings (SSSR count). The molecule has 0 saturated carbocycles. The van der Waals surface area contributed by atoms with Crippen LogP contribution in [0, 0.1) is 0 Å². The number of likely N-dealkylation sites (tertiary alicyclic amines) is 1. The maximum absolute atomic E-state index is 12.9. The molecule has 1 aliphatic rings. The summed E-state index contributed by atoms with van der Waals surface area (Å²) in [5.74, 6) is -0.777. The van der Waals surface area contributed by atoms with E-state index in [-0.39, 0.29) is 11.3 Å². The molecule has 2 aromatic carbocycles. The minimum Gasteiger partial charge on any atom is -0.493 e. The Morgan fingerprint density at radius 1 is 0.886 bits per heavy atom. The molecule has 35 heavy (non-hydrogen) atoms. The molecule has 1 fully saturated rings. The molecular weight excluding hydrogens is 446 g/mol. The lowest BCUT2D eigenvalue weighted by Gasteiger charge is -2.26. The Labute approximate surface area is 205 Å². The first kappa shape index (κ1) is 24.5. The van der Waals surface area contributed by atoms with Gasteiger partial charge in [-0.2, -0.15) is 5.10 Å². The first-order valence-electron chi connectivity index (χ1n) is 11.9. The van der Waals surface area contributed by atoms with Crippen LogP contribution in [-0.4, -0.2) is 67.1 Å². The summed E-state index contributed by atoms with van der Waals surface area (Å²) in [5, 5.41) is 4.68. The van der Waals surface area contributed by atoms with Gasteiger partial charge < -0.3 is 19.1 Å². The van der Waals surface area contributed by atoms with Crippen LogP contribution < -0.4 is 4.74 Å². The van der Waals surface area contributed by atoms with Crippen LogP contribution in [0.2, 0.25) is 0 Å². The van der Waals surface area contributed by atoms with Gasteiger partial charge in [0.15, 0.2) is 5.69 Å². The Morgan fingerprint density at radius 3 is 2.29 bits per heavy atom. The predicted octanol–water partition coefficient (Wildman–Crippen LogP) is 4.37. The summed E-state index contributed by atoms with van der Waals surface area (Å²) in [6.45, 7) is 3.81. The van der Waals surface area contributed by atoms with E-state index in [0.29, 0.717) is 29.3 Å². The summed E-state index contributed by atoms with van der Waals surface area (Å²) in [5.41, 5.74) is 1.55. The van der Waals surface area contributed by atoms with E-state index >= 15 is 0 Å². The molecule has 0 bridgehead atoms. The number of aromatic nitrogens is 2. The molecule has 8 nitrogen and oxygen atoms in total. The average molecular weight is 478 g/mol. The molecule has 2 heterocycles. The Bertz CT molecular complexity index is 1150. The molecule has 8 heteroatoms. The van der Waals surface area contributed by atoms with E-state index in [2.05, 4.69) is 10.00 Å². The second kappa shape index (κ2) is 11.7. The molecule has 184 valence electrons. The SMILES string of the molecule is COC(=O)c1c(-c2ccccc2OCCCN2CCCCC2)nn(-c2ccccc2)c1C(=O)OC. The molecule has 1 aliphatic heterocycles. The van der Waals surface area contributed by atoms with Gasteiger partial charge in [-0.15, -0.1) is 0 Å². The third kappa shape index (κ3) is 5.54. The fourth-order valence-corrected chi connectivity index (χ4v) is 4.38. The van der Waals surface area contributed by atoms with E-state index in [0.717, 1.165) is 26.1 Å². The van der Waals surface area contributed by atoms with Gasteiger partial charge in [0, 0.05) is 12.1 Å². The van der Waals surface area contributed by atoms with E-state index in [1.165, 1.54) is 38.2 Å². The number of carbonyl (C=O) groups excluding carboxylic acids is 2. The van der Waals surface area contributed by atoms with Gasteiger partial charge in [0.25, 0.3) is 0 Å². The van der Waals surface area contributed by atoms with E-state index in [4.69, 9.17) is 14.2 Å². The molecule has 1 aromatic heterocycles. The molecular formula is C27H31N3O5. The smallest absolute Gasteiger partial charge is 0.357 e. The Morgan fingerprint density at radius 2 is 1.57 bits per heavy atom. The third-order valence-corrected chi connectivity index (χ3v) is 6.12. The highest BCUT2D eigenvalue weighted by molar-refractivity contribution is 6.07. The number of ether oxygens (including phenoxy) is 3. The van der Waals surface area contributed by atoms with Crippen molar-refractivity contribution in [3.05, 3.63) is 65.9 Å². The minimum absolute atomic E-state index is 0.000418. The van der Waals surface area contributed by atoms with Crippen LogP contribution in [0.15, 0.2) is 54.6 Å². The van der Waals surface area contributed by atoms with Crippen molar-refractivity contribution in [2.75, 3.05) is 40.5 Å². The van der Waals surface area contributed by atoms with Crippen LogP contribution in [0.4, 0.5) is 0 Å². The number of hydrogen-bond acceptors (Lipinski definition) is 7. The van der Waals surface area contributed by atoms with Crippen LogP contribution in [0.25, 0.3) is 16.9 Å². The van der Waals surface area contributed by atoms with Crippen molar-refractivity contribution in [3.8, 4) is 22.7 Å². The second-order valence-electron chi connectivity index (χ2n) is 8.40. The number of methoxy groups -OCH3 is 2. The minimum atomic E-state index is -0.687. The molecule has 3 aromatic rings. The van der Waals surface area contributed by atoms with E-state index in [1.54, 1.807) is 12.1 Å². The van der Waals surface area contributed by atoms with Crippen molar-refractivity contribution in [3.63, 3.8) is 0 Å². The molecule has 0 N–H and O–H groups in total. The van der Waals surface area contributed by atoms with Gasteiger partial charge in [-0.05, 0) is 56.6 Å². The van der Waals surface area contributed by atoms with Crippen molar-refractivity contribution in [2.45, 2.75) is 25.7 Å². The van der Waals surface area contributed by atoms with Crippen molar-refractivity contribution in [1.82, 2.24) is 14.7 Å². The maximum atomic E-state index is 12.9. The van der Waals surface area contributed by atoms with E-state index < -0.39 is 11.9 Å². The van der Waals surface area contributed by atoms with Gasteiger partial charge in [0.2, 0.25) is 0 Å². The summed E-state index contributed by atoms with van der Waals surface area (Å²) in [7, 11) is 2.54. The number of esters is 2. The lowest BCUT2D eigenvalue weighted by atomic mass is 10.0. The number of nitrogens with zero attached hydrogens (tertiary/aromatic N) is 3. The molecule has 0 amide bonds. The Hall–Kier alpha value is -3.65. The lowest BCUT2D eigenvalue weighted by molar-refractivity contribution is 0.0549. The van der Waals surface area contributed by atoms with Gasteiger partial charge in [-0.3, -0.25) is 0 Å². The quantitative estimate of drug-likeness (QED) is 0.334. The van der Waals surface area contributed by atoms with Crippen molar-refractivity contribution in [1.29, 1.82) is 0 Å². The standard InChI is InChI=1S/C27H31N3O5/c1-33-26(31)23-24(28-30(25(23)27(32)34-2)20-12-5-3-6-13-20)21-14-7-8-15-22(21)35-19-11-18-29-16-9-4-10-17-29/h3,5-8,12-15H,4,9-11,16-19H2,1-2H3. The highest BCUT2D eigenvalue weighted by atomic mass is 16.5. The van der Waals surface area contributed by atoms with Crippen molar-refractivity contribution >= 4 is 11.9 Å². The second-order valence-corrected chi connectivity index (χ2v) is 8.40. The highest BCUT2D eigenvalue weighted by Crippen LogP contribution is 2.35. The number of rotatable bonds is 9. The normalized spacial score (nSPS) is 13.9. The van der Waals surface area contributed by atoms with Gasteiger partial charge in [-0.25, -0.2) is 14.3 Å². The molecule has 0 unspecified atom stereocenters. The summed E-state index contributed by atoms with van der Waals surface area (Å²) in [6, 6.07) is 16.5. The number of para-hydroxylation sites is 2. The molecule has 0 radical (unpaired) electrons. The fraction of sp³-hybridized carbons (Fsp3) is 0.370. The zero-order valence-corrected chi connectivity index (χ0v) is 20.2. The van der Waals surface area contributed by atoms with Crippen LogP contribution in [0.5, 0.6) is 5.75 Å². The van der Waals surface area contributed by atoms with Crippen LogP contribution in [-0.2, 0) is 9.47 Å². The zero-order chi connectivity index (χ0) is 24.6. The van der Waals surface area contributed by atoms with E-state index in [1.807, 2.05) is 42.5 Å². The van der Waals surface area contributed by atoms with Gasteiger partial charge in [-0.1, -0.05) is 36.8 Å². The number of carbonyl (C=O) groups is 2. The van der Waals surface area contributed by atoms with Crippen LogP contribution in [0.3, 0.4) is 0 Å². The maximum Gasteiger partial charge on any atom is 0.357 e. The first-order valence-corrected chi connectivity index (χ1v) is 11.9. The van der Waals surface area contributed by atoms with Crippen molar-refractivity contribution < 1.29 is 23.8 Å². The molecule has 0 atom stereocenters. The Kier molecular flexibility index (Phi) is 8.15. The monoisotopic (exact) mass is 477 g/mol. The fourth-order valence-electron chi connectivity index (χ4n) is 4.38. The predicted molar refractivity (Wildman–Crippen MR) is 132 cm³/mol. The number of hydrogen-bond donors (Lipinski definition) is 0. The summed E-state index contributed by atoms with van der Waals surface area (Å²) < 4.78 is 17.6. The van der Waals surface area contributed by atoms with Gasteiger partial charge in [0.1, 0.15) is 17.0 Å². The van der Waals surface area contributed by atoms with Gasteiger partial charge >= 0.3 is 11.9 Å². The summed E-state index contributed by atoms with van der Waals surface area (Å²) >= 11 is 0. The van der Waals surface area contributed by atoms with Crippen molar-refractivity contribution in [2.24, 2.45) is 0 Å². The molecule has 1 saturated heterocycles. The summed E-state index contributed by atoms with van der Waals surface area (Å²) in [4.78, 5) is 28.2. The molecule has 0 spiro atoms. The lowest BCUT2D eigenvalue weighted by Crippen LogP contribution is -2.31. The summed E-state index contributed by atoms with van der Waals surface area (Å²) in [6.07, 6.45) is 4.72. The highest BCUT2D eigenvalue weighted by Gasteiger charge is 2.32. The van der Waals surface area contributed by atoms with Crippen LogP contribution in [0.1, 0.15) is 46.5 Å². The zero-order valence-electron chi connectivity index (χ0n) is 20.2. The number of piperidine rings is 1. The van der Waals surface area contributed by atoms with Crippen LogP contribution >= 0.6 is 0 Å². The Balaban J connectivity index is 1.69.